The van der Waals surface area contributed by atoms with E-state index in [2.05, 4.69) is 0 Å². The summed E-state index contributed by atoms with van der Waals surface area (Å²) in [4.78, 5) is 26.3. The number of hydrogen-bond donors (Lipinski definition) is 0. The van der Waals surface area contributed by atoms with E-state index < -0.39 is 6.09 Å². The number of ether oxygens (including phenoxy) is 1. The number of piperazine rings is 1. The van der Waals surface area contributed by atoms with Crippen LogP contribution >= 0.6 is 0 Å². The molecule has 6 nitrogen and oxygen atoms in total. The summed E-state index contributed by atoms with van der Waals surface area (Å²) >= 11 is 0. The molecule has 1 aliphatic heterocycles. The summed E-state index contributed by atoms with van der Waals surface area (Å²) in [6.07, 6.45) is -0.501. The van der Waals surface area contributed by atoms with Gasteiger partial charge in [-0.05, 0) is 5.56 Å². The number of nitrogens with zero attached hydrogens (tertiary/aromatic N) is 3. The fourth-order valence-corrected chi connectivity index (χ4v) is 1.93. The van der Waals surface area contributed by atoms with Gasteiger partial charge in [-0.15, -0.1) is 0 Å². The topological polar surface area (TPSA) is 73.6 Å². The first kappa shape index (κ1) is 13.9. The molecule has 1 fully saturated rings. The molecule has 0 aromatic heterocycles. The molecule has 1 saturated heterocycles. The minimum atomic E-state index is -0.501. The third-order valence-electron chi connectivity index (χ3n) is 3.04. The molecule has 2 amide bonds. The normalized spacial score (nSPS) is 14.8. The summed E-state index contributed by atoms with van der Waals surface area (Å²) in [5.74, 6) is -0.227. The van der Waals surface area contributed by atoms with Crippen molar-refractivity contribution in [3.05, 3.63) is 35.9 Å². The predicted octanol–water partition coefficient (Wildman–Crippen LogP) is 0.991. The van der Waals surface area contributed by atoms with Crippen LogP contribution in [0, 0.1) is 11.3 Å². The molecule has 0 bridgehead atoms. The van der Waals surface area contributed by atoms with Crippen LogP contribution in [0.5, 0.6) is 0 Å². The maximum Gasteiger partial charge on any atom is 0.410 e. The lowest BCUT2D eigenvalue weighted by atomic mass is 10.2. The highest BCUT2D eigenvalue weighted by molar-refractivity contribution is 5.83. The molecule has 0 atom stereocenters. The first-order valence-corrected chi connectivity index (χ1v) is 6.31. The number of amides is 2. The van der Waals surface area contributed by atoms with Gasteiger partial charge in [0.1, 0.15) is 19.7 Å². The van der Waals surface area contributed by atoms with Crippen molar-refractivity contribution in [2.24, 2.45) is 0 Å². The van der Waals surface area contributed by atoms with Crippen LogP contribution in [0.25, 0.3) is 0 Å². The first-order valence-electron chi connectivity index (χ1n) is 6.31. The number of carbonyl (C=O) groups is 2. The first-order chi connectivity index (χ1) is 9.70. The van der Waals surface area contributed by atoms with Crippen LogP contribution in [0.15, 0.2) is 30.3 Å². The molecular formula is C14H15N3O3. The zero-order valence-electron chi connectivity index (χ0n) is 11.0. The molecule has 0 spiro atoms. The summed E-state index contributed by atoms with van der Waals surface area (Å²) in [6.45, 7) is 0.973. The van der Waals surface area contributed by atoms with Crippen molar-refractivity contribution in [3.63, 3.8) is 0 Å². The lowest BCUT2D eigenvalue weighted by Crippen LogP contribution is -2.52. The Morgan fingerprint density at radius 2 is 2.05 bits per heavy atom. The Kier molecular flexibility index (Phi) is 4.56. The summed E-state index contributed by atoms with van der Waals surface area (Å²) in [6, 6.07) is 11.3. The van der Waals surface area contributed by atoms with Gasteiger partial charge in [0.15, 0.2) is 0 Å². The maximum atomic E-state index is 11.8. The number of hydrogen-bond acceptors (Lipinski definition) is 4. The van der Waals surface area contributed by atoms with Crippen molar-refractivity contribution in [2.45, 2.75) is 6.61 Å². The second-order valence-electron chi connectivity index (χ2n) is 4.44. The summed E-state index contributed by atoms with van der Waals surface area (Å²) in [5.41, 5.74) is 0.898. The van der Waals surface area contributed by atoms with Crippen LogP contribution in [-0.4, -0.2) is 48.0 Å². The average Bonchev–Trinajstić information content (AvgIpc) is 2.48. The average molecular weight is 273 g/mol. The second-order valence-corrected chi connectivity index (χ2v) is 4.44. The summed E-state index contributed by atoms with van der Waals surface area (Å²) in [5, 5.41) is 8.57. The standard InChI is InChI=1S/C14H15N3O3/c15-6-7-16-8-9-17(10-13(16)18)14(19)20-11-12-4-2-1-3-5-12/h1-5H,7-11H2. The van der Waals surface area contributed by atoms with Gasteiger partial charge in [-0.2, -0.15) is 5.26 Å². The van der Waals surface area contributed by atoms with Crippen LogP contribution in [0.1, 0.15) is 5.56 Å². The third-order valence-corrected chi connectivity index (χ3v) is 3.04. The predicted molar refractivity (Wildman–Crippen MR) is 70.4 cm³/mol. The smallest absolute Gasteiger partial charge is 0.410 e. The van der Waals surface area contributed by atoms with E-state index in [1.165, 1.54) is 9.80 Å². The summed E-state index contributed by atoms with van der Waals surface area (Å²) in [7, 11) is 0. The van der Waals surface area contributed by atoms with Crippen LogP contribution in [0.2, 0.25) is 0 Å². The van der Waals surface area contributed by atoms with E-state index in [0.29, 0.717) is 13.1 Å². The molecule has 1 aromatic rings. The van der Waals surface area contributed by atoms with Crippen molar-refractivity contribution in [1.82, 2.24) is 9.80 Å². The van der Waals surface area contributed by atoms with Gasteiger partial charge in [0.2, 0.25) is 5.91 Å². The second kappa shape index (κ2) is 6.57. The SMILES string of the molecule is N#CCN1CCN(C(=O)OCc2ccccc2)CC1=O. The molecule has 1 aliphatic rings. The highest BCUT2D eigenvalue weighted by Crippen LogP contribution is 2.07. The van der Waals surface area contributed by atoms with E-state index in [1.54, 1.807) is 0 Å². The number of carbonyl (C=O) groups excluding carboxylic acids is 2. The zero-order valence-corrected chi connectivity index (χ0v) is 11.0. The van der Waals surface area contributed by atoms with Crippen molar-refractivity contribution < 1.29 is 14.3 Å². The van der Waals surface area contributed by atoms with Gasteiger partial charge in [-0.1, -0.05) is 30.3 Å². The number of rotatable bonds is 3. The van der Waals surface area contributed by atoms with Crippen LogP contribution < -0.4 is 0 Å². The van der Waals surface area contributed by atoms with E-state index in [0.717, 1.165) is 5.56 Å². The Morgan fingerprint density at radius 1 is 1.30 bits per heavy atom. The van der Waals surface area contributed by atoms with E-state index in [-0.39, 0.29) is 25.6 Å². The third kappa shape index (κ3) is 3.48. The fourth-order valence-electron chi connectivity index (χ4n) is 1.93. The fraction of sp³-hybridized carbons (Fsp3) is 0.357. The van der Waals surface area contributed by atoms with Gasteiger partial charge in [0.05, 0.1) is 6.07 Å². The Morgan fingerprint density at radius 3 is 2.70 bits per heavy atom. The van der Waals surface area contributed by atoms with Crippen LogP contribution in [-0.2, 0) is 16.1 Å². The van der Waals surface area contributed by atoms with Gasteiger partial charge in [0.25, 0.3) is 0 Å². The molecule has 0 aliphatic carbocycles. The monoisotopic (exact) mass is 273 g/mol. The zero-order chi connectivity index (χ0) is 14.4. The highest BCUT2D eigenvalue weighted by Gasteiger charge is 2.27. The van der Waals surface area contributed by atoms with E-state index in [9.17, 15) is 9.59 Å². The molecule has 0 radical (unpaired) electrons. The van der Waals surface area contributed by atoms with Crippen LogP contribution in [0.4, 0.5) is 4.79 Å². The largest absolute Gasteiger partial charge is 0.445 e. The summed E-state index contributed by atoms with van der Waals surface area (Å²) < 4.78 is 5.16. The minimum Gasteiger partial charge on any atom is -0.445 e. The molecule has 2 rings (SSSR count). The Balaban J connectivity index is 1.82. The quantitative estimate of drug-likeness (QED) is 0.770. The van der Waals surface area contributed by atoms with Crippen molar-refractivity contribution in [1.29, 1.82) is 5.26 Å². The van der Waals surface area contributed by atoms with Gasteiger partial charge in [-0.25, -0.2) is 4.79 Å². The maximum absolute atomic E-state index is 11.8. The van der Waals surface area contributed by atoms with E-state index >= 15 is 0 Å². The number of nitriles is 1. The Hall–Kier alpha value is -2.55. The molecule has 20 heavy (non-hydrogen) atoms. The molecule has 1 aromatic carbocycles. The molecule has 0 N–H and O–H groups in total. The van der Waals surface area contributed by atoms with Crippen molar-refractivity contribution in [3.8, 4) is 6.07 Å². The van der Waals surface area contributed by atoms with E-state index in [1.807, 2.05) is 36.4 Å². The molecule has 6 heteroatoms. The molecule has 104 valence electrons. The van der Waals surface area contributed by atoms with Crippen LogP contribution in [0.3, 0.4) is 0 Å². The Labute approximate surface area is 117 Å². The van der Waals surface area contributed by atoms with Gasteiger partial charge in [0, 0.05) is 13.1 Å². The molecular weight excluding hydrogens is 258 g/mol. The lowest BCUT2D eigenvalue weighted by molar-refractivity contribution is -0.134. The molecule has 1 heterocycles. The molecule has 0 saturated carbocycles. The van der Waals surface area contributed by atoms with Crippen molar-refractivity contribution in [2.75, 3.05) is 26.2 Å². The number of benzene rings is 1. The molecule has 0 unspecified atom stereocenters. The van der Waals surface area contributed by atoms with Gasteiger partial charge >= 0.3 is 6.09 Å². The Bertz CT molecular complexity index is 524. The lowest BCUT2D eigenvalue weighted by Gasteiger charge is -2.32. The van der Waals surface area contributed by atoms with Gasteiger partial charge in [-0.3, -0.25) is 9.69 Å². The van der Waals surface area contributed by atoms with Crippen molar-refractivity contribution >= 4 is 12.0 Å². The highest BCUT2D eigenvalue weighted by atomic mass is 16.6. The minimum absolute atomic E-state index is 0.0324. The van der Waals surface area contributed by atoms with E-state index in [4.69, 9.17) is 10.00 Å². The van der Waals surface area contributed by atoms with Gasteiger partial charge < -0.3 is 9.64 Å².